The summed E-state index contributed by atoms with van der Waals surface area (Å²) in [6.07, 6.45) is 1.86. The van der Waals surface area contributed by atoms with Crippen LogP contribution in [0.15, 0.2) is 16.8 Å². The highest BCUT2D eigenvalue weighted by atomic mass is 32.1. The quantitative estimate of drug-likeness (QED) is 0.800. The van der Waals surface area contributed by atoms with Crippen LogP contribution < -0.4 is 0 Å². The van der Waals surface area contributed by atoms with Crippen molar-refractivity contribution in [1.29, 1.82) is 0 Å². The van der Waals surface area contributed by atoms with E-state index in [1.807, 2.05) is 39.1 Å². The van der Waals surface area contributed by atoms with E-state index in [0.717, 1.165) is 11.5 Å². The molecule has 0 spiro atoms. The molecule has 1 aliphatic rings. The van der Waals surface area contributed by atoms with E-state index in [1.54, 1.807) is 11.3 Å². The van der Waals surface area contributed by atoms with Crippen LogP contribution in [0, 0.1) is 5.92 Å². The molecule has 0 atom stereocenters. The van der Waals surface area contributed by atoms with Crippen molar-refractivity contribution in [3.05, 3.63) is 22.4 Å². The smallest absolute Gasteiger partial charge is 0.309 e. The second-order valence-electron chi connectivity index (χ2n) is 7.07. The molecule has 21 heavy (non-hydrogen) atoms. The third-order valence-electron chi connectivity index (χ3n) is 4.14. The van der Waals surface area contributed by atoms with Gasteiger partial charge in [-0.05, 0) is 62.9 Å². The first kappa shape index (κ1) is 16.5. The predicted molar refractivity (Wildman–Crippen MR) is 82.4 cm³/mol. The first-order valence-electron chi connectivity index (χ1n) is 7.37. The van der Waals surface area contributed by atoms with Crippen LogP contribution in [0.5, 0.6) is 0 Å². The minimum Gasteiger partial charge on any atom is -0.465 e. The van der Waals surface area contributed by atoms with Crippen LogP contribution in [0.1, 0.15) is 46.1 Å². The Bertz CT molecular complexity index is 464. The fraction of sp³-hybridized carbons (Fsp3) is 0.688. The van der Waals surface area contributed by atoms with Gasteiger partial charge in [0, 0.05) is 17.5 Å². The Morgan fingerprint density at radius 2 is 1.95 bits per heavy atom. The Morgan fingerprint density at radius 1 is 1.33 bits per heavy atom. The molecule has 4 nitrogen and oxygen atoms in total. The van der Waals surface area contributed by atoms with Gasteiger partial charge in [0.25, 0.3) is 0 Å². The molecule has 2 heterocycles. The highest BCUT2D eigenvalue weighted by Gasteiger charge is 2.48. The number of thiophene rings is 1. The van der Waals surface area contributed by atoms with Gasteiger partial charge in [-0.2, -0.15) is 11.3 Å². The van der Waals surface area contributed by atoms with Crippen LogP contribution in [0.25, 0.3) is 0 Å². The highest BCUT2D eigenvalue weighted by Crippen LogP contribution is 2.40. The van der Waals surface area contributed by atoms with Crippen molar-refractivity contribution < 1.29 is 14.7 Å². The zero-order valence-corrected chi connectivity index (χ0v) is 14.0. The van der Waals surface area contributed by atoms with E-state index in [2.05, 4.69) is 5.38 Å². The van der Waals surface area contributed by atoms with Gasteiger partial charge in [-0.25, -0.2) is 0 Å². The Hall–Kier alpha value is -0.910. The SMILES string of the molecule is CC1(C)CC(C(=O)OCCc2ccsc2)CC(C)(C)N1[O]. The summed E-state index contributed by atoms with van der Waals surface area (Å²) in [6.45, 7) is 7.99. The summed E-state index contributed by atoms with van der Waals surface area (Å²) in [6, 6.07) is 2.04. The van der Waals surface area contributed by atoms with Crippen molar-refractivity contribution in [2.75, 3.05) is 6.61 Å². The van der Waals surface area contributed by atoms with E-state index in [1.165, 1.54) is 5.56 Å². The van der Waals surface area contributed by atoms with Gasteiger partial charge >= 0.3 is 5.97 Å². The second kappa shape index (κ2) is 6.07. The number of hydrogen-bond acceptors (Lipinski definition) is 4. The van der Waals surface area contributed by atoms with Crippen LogP contribution in [-0.2, 0) is 21.2 Å². The molecule has 1 aromatic heterocycles. The van der Waals surface area contributed by atoms with Crippen molar-refractivity contribution in [3.8, 4) is 0 Å². The Morgan fingerprint density at radius 3 is 2.48 bits per heavy atom. The molecule has 0 aromatic carbocycles. The lowest BCUT2D eigenvalue weighted by molar-refractivity contribution is -0.293. The molecule has 117 valence electrons. The Balaban J connectivity index is 1.90. The molecular formula is C16H24NO3S. The number of rotatable bonds is 4. The fourth-order valence-electron chi connectivity index (χ4n) is 3.25. The Kier molecular flexibility index (Phi) is 4.76. The Labute approximate surface area is 130 Å². The van der Waals surface area contributed by atoms with Crippen LogP contribution in [0.3, 0.4) is 0 Å². The third-order valence-corrected chi connectivity index (χ3v) is 4.87. The van der Waals surface area contributed by atoms with E-state index in [4.69, 9.17) is 4.74 Å². The molecule has 1 aliphatic heterocycles. The second-order valence-corrected chi connectivity index (χ2v) is 7.85. The van der Waals surface area contributed by atoms with E-state index in [0.29, 0.717) is 19.4 Å². The molecule has 0 N–H and O–H groups in total. The van der Waals surface area contributed by atoms with Crippen LogP contribution in [0.4, 0.5) is 0 Å². The lowest BCUT2D eigenvalue weighted by Crippen LogP contribution is -2.59. The predicted octanol–water partition coefficient (Wildman–Crippen LogP) is 3.45. The van der Waals surface area contributed by atoms with Gasteiger partial charge in [0.15, 0.2) is 0 Å². The maximum atomic E-state index is 12.3. The van der Waals surface area contributed by atoms with Crippen molar-refractivity contribution in [2.24, 2.45) is 5.92 Å². The minimum absolute atomic E-state index is 0.167. The standard InChI is InChI=1S/C16H24NO3S/c1-15(2)9-13(10-16(3,4)17(15)19)14(18)20-7-5-12-6-8-21-11-12/h6,8,11,13H,5,7,9-10H2,1-4H3. The summed E-state index contributed by atoms with van der Waals surface area (Å²) in [5.74, 6) is -0.359. The maximum Gasteiger partial charge on any atom is 0.309 e. The van der Waals surface area contributed by atoms with E-state index in [-0.39, 0.29) is 11.9 Å². The maximum absolute atomic E-state index is 12.3. The molecule has 0 bridgehead atoms. The van der Waals surface area contributed by atoms with E-state index < -0.39 is 11.1 Å². The van der Waals surface area contributed by atoms with Gasteiger partial charge in [-0.3, -0.25) is 4.79 Å². The molecular weight excluding hydrogens is 286 g/mol. The average Bonchev–Trinajstić information content (AvgIpc) is 2.88. The van der Waals surface area contributed by atoms with Crippen molar-refractivity contribution >= 4 is 17.3 Å². The monoisotopic (exact) mass is 310 g/mol. The lowest BCUT2D eigenvalue weighted by Gasteiger charge is -2.49. The normalized spacial score (nSPS) is 22.1. The van der Waals surface area contributed by atoms with Gasteiger partial charge in [-0.1, -0.05) is 0 Å². The summed E-state index contributed by atoms with van der Waals surface area (Å²) < 4.78 is 5.42. The zero-order valence-electron chi connectivity index (χ0n) is 13.2. The number of hydrogen-bond donors (Lipinski definition) is 0. The summed E-state index contributed by atoms with van der Waals surface area (Å²) in [5, 5.41) is 17.5. The number of esters is 1. The number of carbonyl (C=O) groups is 1. The molecule has 1 aromatic rings. The third kappa shape index (κ3) is 3.84. The number of carbonyl (C=O) groups excluding carboxylic acids is 1. The average molecular weight is 310 g/mol. The van der Waals surface area contributed by atoms with Gasteiger partial charge in [-0.15, -0.1) is 10.3 Å². The van der Waals surface area contributed by atoms with Gasteiger partial charge in [0.2, 0.25) is 0 Å². The van der Waals surface area contributed by atoms with Crippen LogP contribution in [-0.4, -0.2) is 28.7 Å². The number of nitrogens with zero attached hydrogens (tertiary/aromatic N) is 1. The van der Waals surface area contributed by atoms with Crippen LogP contribution >= 0.6 is 11.3 Å². The summed E-state index contributed by atoms with van der Waals surface area (Å²) in [7, 11) is 0. The first-order valence-corrected chi connectivity index (χ1v) is 8.32. The van der Waals surface area contributed by atoms with E-state index >= 15 is 0 Å². The number of piperidine rings is 1. The van der Waals surface area contributed by atoms with Gasteiger partial charge in [0.05, 0.1) is 12.5 Å². The number of ether oxygens (including phenoxy) is 1. The molecule has 0 saturated carbocycles. The minimum atomic E-state index is -0.529. The number of hydroxylamine groups is 2. The first-order chi connectivity index (χ1) is 9.72. The van der Waals surface area contributed by atoms with Gasteiger partial charge in [0.1, 0.15) is 0 Å². The molecule has 0 aliphatic carbocycles. The highest BCUT2D eigenvalue weighted by molar-refractivity contribution is 7.07. The molecule has 0 amide bonds. The van der Waals surface area contributed by atoms with Crippen LogP contribution in [0.2, 0.25) is 0 Å². The lowest BCUT2D eigenvalue weighted by atomic mass is 9.75. The summed E-state index contributed by atoms with van der Waals surface area (Å²) in [5.41, 5.74) is 0.139. The molecule has 2 rings (SSSR count). The van der Waals surface area contributed by atoms with Crippen molar-refractivity contribution in [3.63, 3.8) is 0 Å². The fourth-order valence-corrected chi connectivity index (χ4v) is 3.96. The molecule has 1 radical (unpaired) electrons. The van der Waals surface area contributed by atoms with E-state index in [9.17, 15) is 10.0 Å². The van der Waals surface area contributed by atoms with Gasteiger partial charge < -0.3 is 4.74 Å². The zero-order chi connectivity index (χ0) is 15.7. The molecule has 5 heteroatoms. The largest absolute Gasteiger partial charge is 0.465 e. The molecule has 1 fully saturated rings. The molecule has 1 saturated heterocycles. The topological polar surface area (TPSA) is 49.4 Å². The van der Waals surface area contributed by atoms with Crippen molar-refractivity contribution in [1.82, 2.24) is 5.06 Å². The molecule has 0 unspecified atom stereocenters. The van der Waals surface area contributed by atoms with Crippen molar-refractivity contribution in [2.45, 2.75) is 58.0 Å². The summed E-state index contributed by atoms with van der Waals surface area (Å²) >= 11 is 1.65. The summed E-state index contributed by atoms with van der Waals surface area (Å²) in [4.78, 5) is 12.3.